The summed E-state index contributed by atoms with van der Waals surface area (Å²) in [5.74, 6) is -2.28. The maximum Gasteiger partial charge on any atom is 0.311 e. The Morgan fingerprint density at radius 1 is 0.910 bits per heavy atom. The zero-order chi connectivity index (χ0) is 57.7. The molecule has 0 aliphatic carbocycles. The molecule has 1 aromatic heterocycles. The SMILES string of the molecule is CCCNC[C@]1(O)[C@H](C)OC(O[C@H]2[C@H](C)[C@@H](O[C@@H]3O[C@H](C)C[C@H](N(C)S(=O)(=O)c4cnn(-c5ccccc5)c4C)[C@H]3Oc3ccc(OC)cc3)[C@](C)(O)C[C@@H](C)CN[C@H](C)[C@@H](O)[C@](C)(O)[C@@H](CC)OC(=O)[C@@H]2C)C[C@@]1(C)OC. The Hall–Kier alpha value is -3.81. The van der Waals surface area contributed by atoms with E-state index in [0.717, 1.165) is 6.42 Å². The first-order chi connectivity index (χ1) is 36.6. The fraction of sp³-hybridized carbons (Fsp3) is 0.719. The number of likely N-dealkylation sites (N-methyl/N-ethyl adjacent to an activating group) is 1. The van der Waals surface area contributed by atoms with E-state index >= 15 is 8.42 Å². The molecular weight excluding hydrogens is 1030 g/mol. The van der Waals surface area contributed by atoms with Crippen LogP contribution in [-0.2, 0) is 43.2 Å². The van der Waals surface area contributed by atoms with Crippen LogP contribution < -0.4 is 20.1 Å². The van der Waals surface area contributed by atoms with Crippen LogP contribution in [0.2, 0.25) is 0 Å². The Balaban J connectivity index is 1.48. The number of sulfonamides is 1. The van der Waals surface area contributed by atoms with E-state index in [1.54, 1.807) is 91.4 Å². The molecule has 6 rings (SSSR count). The summed E-state index contributed by atoms with van der Waals surface area (Å²) in [7, 11) is 0.236. The second-order valence-corrected chi connectivity index (χ2v) is 24.8. The number of hydrogen-bond donors (Lipinski definition) is 6. The van der Waals surface area contributed by atoms with Crippen LogP contribution in [0.25, 0.3) is 5.69 Å². The third kappa shape index (κ3) is 13.6. The first-order valence-corrected chi connectivity index (χ1v) is 29.1. The van der Waals surface area contributed by atoms with Crippen molar-refractivity contribution in [2.45, 2.75) is 210 Å². The van der Waals surface area contributed by atoms with Crippen LogP contribution in [0.4, 0.5) is 0 Å². The van der Waals surface area contributed by atoms with Gasteiger partial charge in [-0.2, -0.15) is 9.40 Å². The molecule has 3 aliphatic heterocycles. The largest absolute Gasteiger partial charge is 0.497 e. The average Bonchev–Trinajstić information content (AvgIpc) is 3.89. The quantitative estimate of drug-likeness (QED) is 0.0743. The van der Waals surface area contributed by atoms with Gasteiger partial charge >= 0.3 is 5.97 Å². The van der Waals surface area contributed by atoms with Gasteiger partial charge in [-0.05, 0) is 136 Å². The molecule has 21 heteroatoms. The molecule has 20 nitrogen and oxygen atoms in total. The van der Waals surface area contributed by atoms with Gasteiger partial charge in [-0.25, -0.2) is 13.1 Å². The third-order valence-corrected chi connectivity index (χ3v) is 18.7. The lowest BCUT2D eigenvalue weighted by Gasteiger charge is -2.53. The van der Waals surface area contributed by atoms with Gasteiger partial charge in [0.05, 0.1) is 66.7 Å². The lowest BCUT2D eigenvalue weighted by molar-refractivity contribution is -0.335. The highest BCUT2D eigenvalue weighted by atomic mass is 32.2. The number of benzene rings is 2. The number of para-hydroxylation sites is 1. The number of ether oxygens (including phenoxy) is 8. The minimum Gasteiger partial charge on any atom is -0.497 e. The summed E-state index contributed by atoms with van der Waals surface area (Å²) in [5.41, 5.74) is -5.34. The molecule has 3 aliphatic rings. The van der Waals surface area contributed by atoms with Gasteiger partial charge < -0.3 is 69.0 Å². The van der Waals surface area contributed by atoms with Crippen molar-refractivity contribution in [3.63, 3.8) is 0 Å². The van der Waals surface area contributed by atoms with E-state index in [1.807, 2.05) is 51.1 Å². The molecular formula is C57H91N5O15S. The van der Waals surface area contributed by atoms with Crippen molar-refractivity contribution in [2.24, 2.45) is 17.8 Å². The zero-order valence-corrected chi connectivity index (χ0v) is 49.4. The Bertz CT molecular complexity index is 2500. The number of aromatic nitrogens is 2. The number of nitrogens with zero attached hydrogens (tertiary/aromatic N) is 3. The van der Waals surface area contributed by atoms with Gasteiger partial charge in [0.1, 0.15) is 45.4 Å². The van der Waals surface area contributed by atoms with Crippen molar-refractivity contribution in [2.75, 3.05) is 40.9 Å². The van der Waals surface area contributed by atoms with Gasteiger partial charge in [0.2, 0.25) is 10.0 Å². The molecule has 1 unspecified atom stereocenters. The predicted octanol–water partition coefficient (Wildman–Crippen LogP) is 5.28. The molecule has 0 bridgehead atoms. The standard InChI is InChI=1S/C57H91N5O15S/c1-16-27-58-33-57(67)40(9)73-47(30-55(57,11)71-15)76-48-36(5)51(54(10,65)29-34(3)31-59-38(7)50(63)56(12,66)46(17-2)75-52(64)37(48)6)77-53-49(74-43-25-23-42(70-14)24-26-43)44(28-35(4)72-53)61(13)78(68,69)45-32-60-62(39(45)8)41-21-19-18-20-22-41/h18-26,32,34-38,40,44,46-51,53,58-59,63,65-67H,16-17,27-31,33H2,1-15H3/t34-,35-,36+,37-,38-,40+,44+,46-,47?,48+,49-,50-,51-,53+,54-,55-,56-,57+/m1/s1. The van der Waals surface area contributed by atoms with Crippen molar-refractivity contribution < 1.29 is 71.5 Å². The zero-order valence-electron chi connectivity index (χ0n) is 48.5. The summed E-state index contributed by atoms with van der Waals surface area (Å²) in [6.45, 7) is 22.0. The van der Waals surface area contributed by atoms with E-state index in [4.69, 9.17) is 37.9 Å². The molecule has 0 radical (unpaired) electrons. The molecule has 4 heterocycles. The first kappa shape index (κ1) is 63.4. The third-order valence-electron chi connectivity index (χ3n) is 16.7. The maximum absolute atomic E-state index is 15.0. The van der Waals surface area contributed by atoms with Crippen molar-refractivity contribution in [1.82, 2.24) is 24.7 Å². The van der Waals surface area contributed by atoms with E-state index in [0.29, 0.717) is 29.4 Å². The van der Waals surface area contributed by atoms with Gasteiger partial charge in [0.25, 0.3) is 0 Å². The van der Waals surface area contributed by atoms with Crippen molar-refractivity contribution in [3.05, 3.63) is 66.5 Å². The summed E-state index contributed by atoms with van der Waals surface area (Å²) in [6, 6.07) is 14.4. The van der Waals surface area contributed by atoms with Gasteiger partial charge in [0.15, 0.2) is 18.7 Å². The van der Waals surface area contributed by atoms with E-state index in [1.165, 1.54) is 31.6 Å². The van der Waals surface area contributed by atoms with Crippen LogP contribution in [-0.4, -0.2) is 180 Å². The Morgan fingerprint density at radius 2 is 1.56 bits per heavy atom. The summed E-state index contributed by atoms with van der Waals surface area (Å²) in [6.07, 6.45) is -7.61. The monoisotopic (exact) mass is 1120 g/mol. The van der Waals surface area contributed by atoms with Crippen LogP contribution in [0.15, 0.2) is 65.7 Å². The minimum atomic E-state index is -4.31. The molecule has 78 heavy (non-hydrogen) atoms. The van der Waals surface area contributed by atoms with Gasteiger partial charge in [-0.15, -0.1) is 0 Å². The van der Waals surface area contributed by atoms with E-state index < -0.39 is 118 Å². The molecule has 6 N–H and O–H groups in total. The lowest BCUT2D eigenvalue weighted by Crippen LogP contribution is -2.70. The molecule has 3 saturated heterocycles. The normalized spacial score (nSPS) is 37.8. The number of carbonyl (C=O) groups excluding carboxylic acids is 1. The highest BCUT2D eigenvalue weighted by molar-refractivity contribution is 7.89. The first-order valence-electron chi connectivity index (χ1n) is 27.7. The second-order valence-electron chi connectivity index (χ2n) is 22.9. The number of methoxy groups -OCH3 is 2. The van der Waals surface area contributed by atoms with Gasteiger partial charge in [-0.1, -0.05) is 45.9 Å². The molecule has 3 fully saturated rings. The number of carbonyl (C=O) groups is 1. The van der Waals surface area contributed by atoms with Crippen LogP contribution in [0, 0.1) is 24.7 Å². The molecule has 2 aromatic carbocycles. The fourth-order valence-electron chi connectivity index (χ4n) is 11.8. The van der Waals surface area contributed by atoms with Crippen molar-refractivity contribution >= 4 is 16.0 Å². The summed E-state index contributed by atoms with van der Waals surface area (Å²) >= 11 is 0. The molecule has 0 saturated carbocycles. The number of rotatable bonds is 17. The van der Waals surface area contributed by atoms with Crippen LogP contribution in [0.3, 0.4) is 0 Å². The van der Waals surface area contributed by atoms with Crippen LogP contribution >= 0.6 is 0 Å². The number of esters is 1. The highest BCUT2D eigenvalue weighted by Gasteiger charge is 2.59. The van der Waals surface area contributed by atoms with E-state index in [9.17, 15) is 25.2 Å². The maximum atomic E-state index is 15.0. The summed E-state index contributed by atoms with van der Waals surface area (Å²) in [5, 5.41) is 60.2. The number of aliphatic hydroxyl groups is 4. The Labute approximate surface area is 462 Å². The smallest absolute Gasteiger partial charge is 0.311 e. The average molecular weight is 1120 g/mol. The minimum absolute atomic E-state index is 0.0105. The molecule has 440 valence electrons. The molecule has 0 amide bonds. The summed E-state index contributed by atoms with van der Waals surface area (Å²) < 4.78 is 85.1. The second kappa shape index (κ2) is 26.0. The number of cyclic esters (lactones) is 1. The fourth-order valence-corrected chi connectivity index (χ4v) is 13.3. The lowest BCUT2D eigenvalue weighted by atomic mass is 9.75. The molecule has 18 atom stereocenters. The van der Waals surface area contributed by atoms with Crippen LogP contribution in [0.5, 0.6) is 11.5 Å². The topological polar surface area (TPSA) is 251 Å². The Kier molecular flexibility index (Phi) is 21.1. The predicted molar refractivity (Wildman–Crippen MR) is 293 cm³/mol. The van der Waals surface area contributed by atoms with Crippen molar-refractivity contribution in [1.29, 1.82) is 0 Å². The van der Waals surface area contributed by atoms with Gasteiger partial charge in [0, 0.05) is 39.1 Å². The summed E-state index contributed by atoms with van der Waals surface area (Å²) in [4.78, 5) is 14.8. The highest BCUT2D eigenvalue weighted by Crippen LogP contribution is 2.44. The van der Waals surface area contributed by atoms with Gasteiger partial charge in [-0.3, -0.25) is 4.79 Å². The van der Waals surface area contributed by atoms with Crippen LogP contribution in [0.1, 0.15) is 114 Å². The number of aliphatic hydroxyl groups excluding tert-OH is 1. The number of hydrogen-bond acceptors (Lipinski definition) is 18. The molecule has 0 spiro atoms. The Morgan fingerprint density at radius 3 is 2.18 bits per heavy atom. The van der Waals surface area contributed by atoms with E-state index in [2.05, 4.69) is 15.7 Å². The molecule has 3 aromatic rings. The van der Waals surface area contributed by atoms with E-state index in [-0.39, 0.29) is 49.6 Å². The number of nitrogens with one attached hydrogen (secondary N) is 2. The van der Waals surface area contributed by atoms with Crippen molar-refractivity contribution in [3.8, 4) is 17.2 Å².